The maximum atomic E-state index is 13.4. The highest BCUT2D eigenvalue weighted by atomic mass is 35.5. The molecule has 48 heavy (non-hydrogen) atoms. The lowest BCUT2D eigenvalue weighted by Crippen LogP contribution is -2.35. The number of nitriles is 1. The molecule has 0 radical (unpaired) electrons. The summed E-state index contributed by atoms with van der Waals surface area (Å²) in [7, 11) is -3.29. The van der Waals surface area contributed by atoms with Gasteiger partial charge >= 0.3 is 0 Å². The fourth-order valence-corrected chi connectivity index (χ4v) is 6.62. The molecule has 2 aromatic carbocycles. The zero-order valence-corrected chi connectivity index (χ0v) is 27.7. The highest BCUT2D eigenvalue weighted by molar-refractivity contribution is 7.88. The molecule has 4 heterocycles. The Bertz CT molecular complexity index is 2000. The third-order valence-electron chi connectivity index (χ3n) is 8.02. The molecule has 1 amide bonds. The molecule has 6 rings (SSSR count). The molecule has 0 spiro atoms. The van der Waals surface area contributed by atoms with Gasteiger partial charge in [0.2, 0.25) is 15.9 Å². The molecule has 0 bridgehead atoms. The van der Waals surface area contributed by atoms with Crippen LogP contribution in [0.4, 0.5) is 17.1 Å². The average molecular weight is 689 g/mol. The number of rotatable bonds is 10. The number of nitrogens with one attached hydrogen (secondary N) is 2. The van der Waals surface area contributed by atoms with Crippen LogP contribution >= 0.6 is 11.6 Å². The minimum absolute atomic E-state index is 0.201. The Morgan fingerprint density at radius 2 is 1.96 bits per heavy atom. The van der Waals surface area contributed by atoms with Crippen molar-refractivity contribution in [1.29, 1.82) is 5.26 Å². The lowest BCUT2D eigenvalue weighted by molar-refractivity contribution is -0.112. The summed E-state index contributed by atoms with van der Waals surface area (Å²) in [4.78, 5) is 22.2. The van der Waals surface area contributed by atoms with Crippen LogP contribution in [0.15, 0.2) is 72.6 Å². The monoisotopic (exact) mass is 688 g/mol. The van der Waals surface area contributed by atoms with Crippen molar-refractivity contribution in [2.75, 3.05) is 43.2 Å². The first-order valence-electron chi connectivity index (χ1n) is 15.3. The van der Waals surface area contributed by atoms with Crippen molar-refractivity contribution in [2.24, 2.45) is 0 Å². The summed E-state index contributed by atoms with van der Waals surface area (Å²) < 4.78 is 42.8. The number of carbonyl (C=O) groups is 1. The normalized spacial score (nSPS) is 16.7. The molecule has 2 aromatic heterocycles. The quantitative estimate of drug-likeness (QED) is 0.202. The molecule has 12 nitrogen and oxygen atoms in total. The van der Waals surface area contributed by atoms with Gasteiger partial charge in [-0.25, -0.2) is 12.7 Å². The number of ether oxygens (including phenoxy) is 3. The van der Waals surface area contributed by atoms with E-state index in [1.807, 2.05) is 18.2 Å². The van der Waals surface area contributed by atoms with Crippen molar-refractivity contribution in [3.05, 3.63) is 88.9 Å². The fraction of sp³-hybridized carbons (Fsp3) is 0.294. The van der Waals surface area contributed by atoms with E-state index in [2.05, 4.69) is 26.7 Å². The predicted octanol–water partition coefficient (Wildman–Crippen LogP) is 5.57. The van der Waals surface area contributed by atoms with Crippen molar-refractivity contribution in [1.82, 2.24) is 14.3 Å². The number of amides is 1. The van der Waals surface area contributed by atoms with Crippen molar-refractivity contribution < 1.29 is 27.4 Å². The molecule has 1 atom stereocenters. The second-order valence-electron chi connectivity index (χ2n) is 11.4. The number of benzene rings is 2. The fourth-order valence-electron chi connectivity index (χ4n) is 5.54. The van der Waals surface area contributed by atoms with E-state index in [-0.39, 0.29) is 18.3 Å². The third-order valence-corrected chi connectivity index (χ3v) is 9.62. The number of halogens is 1. The molecule has 2 saturated heterocycles. The number of pyridine rings is 2. The minimum atomic E-state index is -3.29. The molecule has 0 aliphatic carbocycles. The topological polar surface area (TPSA) is 156 Å². The van der Waals surface area contributed by atoms with E-state index in [0.717, 1.165) is 11.3 Å². The number of piperidine rings is 1. The van der Waals surface area contributed by atoms with E-state index in [1.54, 1.807) is 36.5 Å². The van der Waals surface area contributed by atoms with Gasteiger partial charge in [-0.05, 0) is 55.3 Å². The standard InChI is InChI=1S/C34H33ClN6O6S/c1-48(43,44)41-13-9-22(10-14-41)16-31(42)40-34-30(47-26-11-15-45-21-26)8-6-27-32(23(18-36)19-38-33(27)34)39-24-5-7-29(28(35)17-24)46-20-25-4-2-3-12-37-25/h2-8,12,16-17,19,26H,9-11,13-15,20-21H2,1H3,(H,38,39)(H,40,42). The van der Waals surface area contributed by atoms with Crippen LogP contribution in [0.2, 0.25) is 5.02 Å². The van der Waals surface area contributed by atoms with Gasteiger partial charge in [-0.2, -0.15) is 5.26 Å². The Labute approximate surface area is 283 Å². The van der Waals surface area contributed by atoms with Crippen molar-refractivity contribution in [3.63, 3.8) is 0 Å². The van der Waals surface area contributed by atoms with Crippen LogP contribution in [-0.2, 0) is 26.2 Å². The number of anilines is 3. The molecule has 2 fully saturated rings. The summed E-state index contributed by atoms with van der Waals surface area (Å²) in [6, 6.07) is 16.5. The van der Waals surface area contributed by atoms with Crippen LogP contribution in [0.3, 0.4) is 0 Å². The summed E-state index contributed by atoms with van der Waals surface area (Å²) in [6.07, 6.45) is 7.22. The summed E-state index contributed by atoms with van der Waals surface area (Å²) in [5.74, 6) is 0.496. The van der Waals surface area contributed by atoms with E-state index in [4.69, 9.17) is 25.8 Å². The molecule has 248 valence electrons. The second kappa shape index (κ2) is 14.6. The lowest BCUT2D eigenvalue weighted by Gasteiger charge is -2.26. The second-order valence-corrected chi connectivity index (χ2v) is 13.8. The Morgan fingerprint density at radius 1 is 1.15 bits per heavy atom. The number of fused-ring (bicyclic) bond motifs is 1. The molecule has 14 heteroatoms. The largest absolute Gasteiger partial charge is 0.486 e. The predicted molar refractivity (Wildman–Crippen MR) is 182 cm³/mol. The average Bonchev–Trinajstić information content (AvgIpc) is 3.59. The number of carbonyl (C=O) groups excluding carboxylic acids is 1. The van der Waals surface area contributed by atoms with Crippen LogP contribution in [-0.4, -0.2) is 67.3 Å². The summed E-state index contributed by atoms with van der Waals surface area (Å²) >= 11 is 6.57. The zero-order valence-electron chi connectivity index (χ0n) is 26.1. The van der Waals surface area contributed by atoms with Gasteiger partial charge in [0.05, 0.1) is 47.0 Å². The van der Waals surface area contributed by atoms with Crippen LogP contribution < -0.4 is 20.1 Å². The van der Waals surface area contributed by atoms with Crippen LogP contribution in [0, 0.1) is 11.3 Å². The highest BCUT2D eigenvalue weighted by Crippen LogP contribution is 2.39. The first-order valence-corrected chi connectivity index (χ1v) is 17.6. The summed E-state index contributed by atoms with van der Waals surface area (Å²) in [5, 5.41) is 17.2. The third kappa shape index (κ3) is 7.86. The molecule has 2 aliphatic heterocycles. The van der Waals surface area contributed by atoms with Crippen LogP contribution in [0.5, 0.6) is 11.5 Å². The SMILES string of the molecule is CS(=O)(=O)N1CCC(=CC(=O)Nc2c(OC3CCOC3)ccc3c(Nc4ccc(OCc5ccccn5)c(Cl)c4)c(C#N)cnc23)CC1. The van der Waals surface area contributed by atoms with E-state index < -0.39 is 15.9 Å². The van der Waals surface area contributed by atoms with Gasteiger partial charge < -0.3 is 24.8 Å². The maximum Gasteiger partial charge on any atom is 0.248 e. The molecule has 0 saturated carbocycles. The number of nitrogens with zero attached hydrogens (tertiary/aromatic N) is 4. The molecular formula is C34H33ClN6O6S. The van der Waals surface area contributed by atoms with Gasteiger partial charge in [0.25, 0.3) is 0 Å². The van der Waals surface area contributed by atoms with Crippen LogP contribution in [0.25, 0.3) is 10.9 Å². The van der Waals surface area contributed by atoms with Gasteiger partial charge in [0, 0.05) is 49.1 Å². The number of aromatic nitrogens is 2. The molecule has 4 aromatic rings. The van der Waals surface area contributed by atoms with E-state index >= 15 is 0 Å². The highest BCUT2D eigenvalue weighted by Gasteiger charge is 2.24. The van der Waals surface area contributed by atoms with Crippen molar-refractivity contribution in [3.8, 4) is 17.6 Å². The van der Waals surface area contributed by atoms with Gasteiger partial charge in [-0.3, -0.25) is 14.8 Å². The van der Waals surface area contributed by atoms with Gasteiger partial charge in [-0.1, -0.05) is 23.2 Å². The maximum absolute atomic E-state index is 13.4. The van der Waals surface area contributed by atoms with Gasteiger partial charge in [-0.15, -0.1) is 0 Å². The smallest absolute Gasteiger partial charge is 0.248 e. The van der Waals surface area contributed by atoms with E-state index in [9.17, 15) is 18.5 Å². The summed E-state index contributed by atoms with van der Waals surface area (Å²) in [5.41, 5.74) is 3.71. The number of hydrogen-bond donors (Lipinski definition) is 2. The van der Waals surface area contributed by atoms with Crippen molar-refractivity contribution >= 4 is 55.5 Å². The minimum Gasteiger partial charge on any atom is -0.486 e. The zero-order chi connectivity index (χ0) is 33.7. The van der Waals surface area contributed by atoms with Gasteiger partial charge in [0.15, 0.2) is 0 Å². The first-order chi connectivity index (χ1) is 23.2. The lowest BCUT2D eigenvalue weighted by atomic mass is 10.0. The first kappa shape index (κ1) is 33.2. The number of sulfonamides is 1. The molecular weight excluding hydrogens is 656 g/mol. The molecule has 2 N–H and O–H groups in total. The molecule has 2 aliphatic rings. The van der Waals surface area contributed by atoms with E-state index in [0.29, 0.717) is 90.1 Å². The van der Waals surface area contributed by atoms with Crippen molar-refractivity contribution in [2.45, 2.75) is 32.0 Å². The Hall–Kier alpha value is -4.74. The number of hydrogen-bond acceptors (Lipinski definition) is 10. The Balaban J connectivity index is 1.29. The molecule has 1 unspecified atom stereocenters. The van der Waals surface area contributed by atoms with E-state index in [1.165, 1.54) is 22.8 Å². The Morgan fingerprint density at radius 3 is 2.65 bits per heavy atom. The van der Waals surface area contributed by atoms with Crippen LogP contribution in [0.1, 0.15) is 30.5 Å². The van der Waals surface area contributed by atoms with Gasteiger partial charge in [0.1, 0.15) is 36.0 Å². The summed E-state index contributed by atoms with van der Waals surface area (Å²) in [6.45, 7) is 1.88. The Kier molecular flexibility index (Phi) is 10.1.